The lowest BCUT2D eigenvalue weighted by Crippen LogP contribution is -2.23. The lowest BCUT2D eigenvalue weighted by atomic mass is 10.1. The van der Waals surface area contributed by atoms with Crippen LogP contribution < -0.4 is 5.32 Å². The molecule has 4 nitrogen and oxygen atoms in total. The Hall–Kier alpha value is -1.68. The van der Waals surface area contributed by atoms with Gasteiger partial charge in [-0.05, 0) is 60.7 Å². The molecule has 0 unspecified atom stereocenters. The summed E-state index contributed by atoms with van der Waals surface area (Å²) in [5, 5.41) is 17.5. The van der Waals surface area contributed by atoms with Crippen LogP contribution in [-0.2, 0) is 24.2 Å². The summed E-state index contributed by atoms with van der Waals surface area (Å²) in [4.78, 5) is 15.8. The number of anilines is 1. The number of hydrogen-bond donors (Lipinski definition) is 1. The van der Waals surface area contributed by atoms with Gasteiger partial charge in [-0.1, -0.05) is 6.42 Å². The molecule has 2 aromatic heterocycles. The third-order valence-electron chi connectivity index (χ3n) is 4.54. The third kappa shape index (κ3) is 4.69. The topological polar surface area (TPSA) is 56.1 Å². The number of carbonyl (C=O) groups excluding carboxylic acids is 1. The first-order valence-corrected chi connectivity index (χ1v) is 10.5. The molecule has 6 heteroatoms. The number of hydrogen-bond acceptors (Lipinski definition) is 5. The number of thiophene rings is 2. The van der Waals surface area contributed by atoms with Crippen molar-refractivity contribution in [3.8, 4) is 6.07 Å². The molecule has 0 bridgehead atoms. The number of amides is 1. The van der Waals surface area contributed by atoms with Crippen molar-refractivity contribution in [1.82, 2.24) is 4.90 Å². The summed E-state index contributed by atoms with van der Waals surface area (Å²) >= 11 is 3.29. The van der Waals surface area contributed by atoms with E-state index in [0.29, 0.717) is 18.5 Å². The number of carbonyl (C=O) groups is 1. The zero-order chi connectivity index (χ0) is 17.6. The first-order valence-electron chi connectivity index (χ1n) is 8.71. The van der Waals surface area contributed by atoms with Gasteiger partial charge in [-0.2, -0.15) is 16.6 Å². The molecule has 1 amide bonds. The summed E-state index contributed by atoms with van der Waals surface area (Å²) in [5.74, 6) is -0.00919. The Labute approximate surface area is 157 Å². The Kier molecular flexibility index (Phi) is 6.24. The lowest BCUT2D eigenvalue weighted by molar-refractivity contribution is -0.116. The van der Waals surface area contributed by atoms with E-state index in [-0.39, 0.29) is 5.91 Å². The molecule has 0 aromatic carbocycles. The van der Waals surface area contributed by atoms with E-state index >= 15 is 0 Å². The van der Waals surface area contributed by atoms with Crippen LogP contribution >= 0.6 is 22.7 Å². The normalized spacial score (nSPS) is 14.0. The predicted octanol–water partition coefficient (Wildman–Crippen LogP) is 4.41. The van der Waals surface area contributed by atoms with Crippen LogP contribution in [0.25, 0.3) is 0 Å². The number of aryl methyl sites for hydroxylation is 1. The zero-order valence-electron chi connectivity index (χ0n) is 14.5. The third-order valence-corrected chi connectivity index (χ3v) is 6.48. The SMILES string of the molecule is CN(CCC(=O)Nc1sc2c(c1C#N)CCCCC2)Cc1ccsc1. The lowest BCUT2D eigenvalue weighted by Gasteiger charge is -2.15. The Morgan fingerprint density at radius 3 is 2.96 bits per heavy atom. The molecule has 0 fully saturated rings. The Balaban J connectivity index is 1.57. The molecular formula is C19H23N3OS2. The molecule has 1 aliphatic carbocycles. The number of rotatable bonds is 6. The van der Waals surface area contributed by atoms with E-state index < -0.39 is 0 Å². The van der Waals surface area contributed by atoms with Crippen LogP contribution in [0.3, 0.4) is 0 Å². The van der Waals surface area contributed by atoms with Gasteiger partial charge >= 0.3 is 0 Å². The molecule has 0 saturated heterocycles. The fraction of sp³-hybridized carbons (Fsp3) is 0.474. The number of nitrogens with one attached hydrogen (secondary N) is 1. The minimum absolute atomic E-state index is 0.00919. The predicted molar refractivity (Wildman–Crippen MR) is 104 cm³/mol. The van der Waals surface area contributed by atoms with E-state index in [2.05, 4.69) is 33.1 Å². The van der Waals surface area contributed by atoms with Crippen molar-refractivity contribution in [3.63, 3.8) is 0 Å². The van der Waals surface area contributed by atoms with Crippen LogP contribution in [-0.4, -0.2) is 24.4 Å². The van der Waals surface area contributed by atoms with Crippen molar-refractivity contribution in [1.29, 1.82) is 5.26 Å². The molecule has 1 aliphatic rings. The molecule has 3 rings (SSSR count). The van der Waals surface area contributed by atoms with Gasteiger partial charge < -0.3 is 10.2 Å². The van der Waals surface area contributed by atoms with Crippen LogP contribution in [0.5, 0.6) is 0 Å². The molecule has 2 heterocycles. The molecule has 2 aromatic rings. The van der Waals surface area contributed by atoms with Crippen LogP contribution in [0.1, 0.15) is 47.3 Å². The van der Waals surface area contributed by atoms with E-state index in [1.165, 1.54) is 28.8 Å². The molecule has 0 radical (unpaired) electrons. The van der Waals surface area contributed by atoms with Gasteiger partial charge in [0.05, 0.1) is 5.56 Å². The molecule has 132 valence electrons. The second-order valence-electron chi connectivity index (χ2n) is 6.55. The van der Waals surface area contributed by atoms with Crippen molar-refractivity contribution < 1.29 is 4.79 Å². The summed E-state index contributed by atoms with van der Waals surface area (Å²) in [5.41, 5.74) is 3.15. The Bertz CT molecular complexity index is 758. The summed E-state index contributed by atoms with van der Waals surface area (Å²) < 4.78 is 0. The van der Waals surface area contributed by atoms with Crippen LogP contribution in [0.2, 0.25) is 0 Å². The van der Waals surface area contributed by atoms with E-state index in [1.807, 2.05) is 7.05 Å². The maximum Gasteiger partial charge on any atom is 0.226 e. The van der Waals surface area contributed by atoms with Gasteiger partial charge in [-0.25, -0.2) is 0 Å². The highest BCUT2D eigenvalue weighted by molar-refractivity contribution is 7.16. The maximum atomic E-state index is 12.3. The minimum atomic E-state index is -0.00919. The van der Waals surface area contributed by atoms with Gasteiger partial charge in [-0.15, -0.1) is 11.3 Å². The van der Waals surface area contributed by atoms with Crippen LogP contribution in [0.4, 0.5) is 5.00 Å². The molecule has 0 saturated carbocycles. The summed E-state index contributed by atoms with van der Waals surface area (Å²) in [7, 11) is 2.03. The van der Waals surface area contributed by atoms with Crippen molar-refractivity contribution in [2.45, 2.75) is 45.1 Å². The number of fused-ring (bicyclic) bond motifs is 1. The van der Waals surface area contributed by atoms with Crippen molar-refractivity contribution in [2.24, 2.45) is 0 Å². The van der Waals surface area contributed by atoms with Gasteiger partial charge in [0.2, 0.25) is 5.91 Å². The van der Waals surface area contributed by atoms with Crippen molar-refractivity contribution in [3.05, 3.63) is 38.4 Å². The summed E-state index contributed by atoms with van der Waals surface area (Å²) in [6.07, 6.45) is 5.98. The van der Waals surface area contributed by atoms with Crippen LogP contribution in [0, 0.1) is 11.3 Å². The summed E-state index contributed by atoms with van der Waals surface area (Å²) in [6.45, 7) is 1.56. The smallest absolute Gasteiger partial charge is 0.226 e. The fourth-order valence-electron chi connectivity index (χ4n) is 3.20. The van der Waals surface area contributed by atoms with Gasteiger partial charge in [0.25, 0.3) is 0 Å². The standard InChI is InChI=1S/C19H23N3OS2/c1-22(12-14-8-10-24-13-14)9-7-18(23)21-19-16(11-20)15-5-3-2-4-6-17(15)25-19/h8,10,13H,2-7,9,12H2,1H3,(H,21,23). The van der Waals surface area contributed by atoms with Crippen LogP contribution in [0.15, 0.2) is 16.8 Å². The van der Waals surface area contributed by atoms with Gasteiger partial charge in [0.15, 0.2) is 0 Å². The van der Waals surface area contributed by atoms with E-state index in [0.717, 1.165) is 30.8 Å². The molecule has 0 spiro atoms. The average molecular weight is 374 g/mol. The number of nitrogens with zero attached hydrogens (tertiary/aromatic N) is 2. The quantitative estimate of drug-likeness (QED) is 0.763. The van der Waals surface area contributed by atoms with Gasteiger partial charge in [0.1, 0.15) is 11.1 Å². The monoisotopic (exact) mass is 373 g/mol. The maximum absolute atomic E-state index is 12.3. The highest BCUT2D eigenvalue weighted by Gasteiger charge is 2.21. The molecule has 25 heavy (non-hydrogen) atoms. The van der Waals surface area contributed by atoms with E-state index in [1.54, 1.807) is 22.7 Å². The first-order chi connectivity index (χ1) is 12.2. The van der Waals surface area contributed by atoms with E-state index in [9.17, 15) is 10.1 Å². The van der Waals surface area contributed by atoms with Crippen molar-refractivity contribution >= 4 is 33.6 Å². The minimum Gasteiger partial charge on any atom is -0.317 e. The molecular weight excluding hydrogens is 350 g/mol. The van der Waals surface area contributed by atoms with E-state index in [4.69, 9.17) is 0 Å². The Morgan fingerprint density at radius 1 is 1.36 bits per heavy atom. The molecule has 0 aliphatic heterocycles. The fourth-order valence-corrected chi connectivity index (χ4v) is 5.12. The second-order valence-corrected chi connectivity index (χ2v) is 8.43. The average Bonchev–Trinajstić information content (AvgIpc) is 3.14. The Morgan fingerprint density at radius 2 is 2.20 bits per heavy atom. The second kappa shape index (κ2) is 8.61. The first kappa shape index (κ1) is 18.1. The van der Waals surface area contributed by atoms with Crippen molar-refractivity contribution in [2.75, 3.05) is 18.9 Å². The largest absolute Gasteiger partial charge is 0.317 e. The zero-order valence-corrected chi connectivity index (χ0v) is 16.1. The summed E-state index contributed by atoms with van der Waals surface area (Å²) in [6, 6.07) is 4.43. The highest BCUT2D eigenvalue weighted by atomic mass is 32.1. The van der Waals surface area contributed by atoms with Gasteiger partial charge in [-0.3, -0.25) is 4.79 Å². The molecule has 0 atom stereocenters. The van der Waals surface area contributed by atoms with Gasteiger partial charge in [0, 0.05) is 24.4 Å². The number of nitriles is 1. The highest BCUT2D eigenvalue weighted by Crippen LogP contribution is 2.37. The molecule has 1 N–H and O–H groups in total.